The lowest BCUT2D eigenvalue weighted by Crippen LogP contribution is -2.27. The van der Waals surface area contributed by atoms with Crippen LogP contribution < -0.4 is 10.1 Å². The number of thiol groups is 1. The fourth-order valence-corrected chi connectivity index (χ4v) is 2.49. The van der Waals surface area contributed by atoms with Crippen molar-refractivity contribution in [2.75, 3.05) is 5.32 Å². The SMILES string of the molecule is O=C(Nc1ccc2[nH]cnc2c1)N(S)Cc1ccccc1OC(F)(F)F. The zero-order valence-corrected chi connectivity index (χ0v) is 14.0. The van der Waals surface area contributed by atoms with E-state index in [1.54, 1.807) is 24.3 Å². The molecule has 0 aliphatic rings. The molecule has 0 radical (unpaired) electrons. The third-order valence-electron chi connectivity index (χ3n) is 3.43. The Labute approximate surface area is 151 Å². The Morgan fingerprint density at radius 1 is 1.27 bits per heavy atom. The first-order chi connectivity index (χ1) is 12.3. The van der Waals surface area contributed by atoms with Gasteiger partial charge in [0.1, 0.15) is 5.75 Å². The highest BCUT2D eigenvalue weighted by atomic mass is 32.1. The van der Waals surface area contributed by atoms with Gasteiger partial charge in [0, 0.05) is 11.3 Å². The minimum atomic E-state index is -4.82. The number of anilines is 1. The number of fused-ring (bicyclic) bond motifs is 1. The molecule has 0 unspecified atom stereocenters. The van der Waals surface area contributed by atoms with E-state index in [1.807, 2.05) is 0 Å². The molecule has 10 heteroatoms. The highest BCUT2D eigenvalue weighted by Crippen LogP contribution is 2.27. The van der Waals surface area contributed by atoms with Crippen LogP contribution in [0.15, 0.2) is 48.8 Å². The number of para-hydroxylation sites is 1. The van der Waals surface area contributed by atoms with E-state index in [-0.39, 0.29) is 17.9 Å². The maximum absolute atomic E-state index is 12.5. The molecule has 0 aliphatic carbocycles. The molecule has 0 atom stereocenters. The molecular weight excluding hydrogens is 369 g/mol. The number of imidazole rings is 1. The van der Waals surface area contributed by atoms with Gasteiger partial charge in [-0.05, 0) is 24.3 Å². The summed E-state index contributed by atoms with van der Waals surface area (Å²) in [6.45, 7) is -0.189. The van der Waals surface area contributed by atoms with Gasteiger partial charge in [0.25, 0.3) is 0 Å². The lowest BCUT2D eigenvalue weighted by molar-refractivity contribution is -0.274. The van der Waals surface area contributed by atoms with E-state index < -0.39 is 12.4 Å². The van der Waals surface area contributed by atoms with Crippen molar-refractivity contribution in [1.29, 1.82) is 0 Å². The van der Waals surface area contributed by atoms with E-state index in [2.05, 4.69) is 32.8 Å². The smallest absolute Gasteiger partial charge is 0.405 e. The van der Waals surface area contributed by atoms with Gasteiger partial charge in [-0.25, -0.2) is 9.78 Å². The maximum atomic E-state index is 12.5. The number of aromatic nitrogens is 2. The van der Waals surface area contributed by atoms with Crippen LogP contribution in [0, 0.1) is 0 Å². The molecule has 136 valence electrons. The molecule has 0 bridgehead atoms. The second kappa shape index (κ2) is 7.16. The summed E-state index contributed by atoms with van der Waals surface area (Å²) in [6, 6.07) is 10.0. The lowest BCUT2D eigenvalue weighted by Gasteiger charge is -2.19. The van der Waals surface area contributed by atoms with Crippen LogP contribution in [0.5, 0.6) is 5.75 Å². The number of aromatic amines is 1. The minimum absolute atomic E-state index is 0.165. The van der Waals surface area contributed by atoms with Crippen molar-refractivity contribution in [3.63, 3.8) is 0 Å². The monoisotopic (exact) mass is 382 g/mol. The van der Waals surface area contributed by atoms with Gasteiger partial charge in [-0.15, -0.1) is 13.2 Å². The molecule has 3 aromatic rings. The van der Waals surface area contributed by atoms with Gasteiger partial charge in [-0.1, -0.05) is 31.0 Å². The number of carbonyl (C=O) groups excluding carboxylic acids is 1. The molecule has 0 fully saturated rings. The first-order valence-electron chi connectivity index (χ1n) is 7.36. The highest BCUT2D eigenvalue weighted by Gasteiger charge is 2.32. The van der Waals surface area contributed by atoms with Crippen LogP contribution in [-0.4, -0.2) is 26.7 Å². The Morgan fingerprint density at radius 3 is 2.81 bits per heavy atom. The third-order valence-corrected chi connectivity index (χ3v) is 3.75. The number of carbonyl (C=O) groups is 1. The van der Waals surface area contributed by atoms with E-state index in [4.69, 9.17) is 0 Å². The molecule has 6 nitrogen and oxygen atoms in total. The molecule has 0 aliphatic heterocycles. The Balaban J connectivity index is 1.69. The van der Waals surface area contributed by atoms with Crippen LogP contribution in [0.2, 0.25) is 0 Å². The number of urea groups is 1. The Morgan fingerprint density at radius 2 is 2.04 bits per heavy atom. The molecule has 0 spiro atoms. The molecular formula is C16H13F3N4O2S. The normalized spacial score (nSPS) is 11.4. The summed E-state index contributed by atoms with van der Waals surface area (Å²) in [5.41, 5.74) is 2.12. The average Bonchev–Trinajstić information content (AvgIpc) is 3.03. The van der Waals surface area contributed by atoms with Crippen LogP contribution in [0.3, 0.4) is 0 Å². The van der Waals surface area contributed by atoms with Crippen molar-refractivity contribution >= 4 is 35.6 Å². The van der Waals surface area contributed by atoms with Gasteiger partial charge in [-0.3, -0.25) is 4.31 Å². The van der Waals surface area contributed by atoms with Crippen molar-refractivity contribution < 1.29 is 22.7 Å². The number of benzene rings is 2. The number of halogens is 3. The molecule has 2 N–H and O–H groups in total. The summed E-state index contributed by atoms with van der Waals surface area (Å²) in [5.74, 6) is -0.384. The van der Waals surface area contributed by atoms with E-state index in [0.717, 1.165) is 9.82 Å². The Hall–Kier alpha value is -2.88. The zero-order chi connectivity index (χ0) is 18.7. The number of nitrogens with zero attached hydrogens (tertiary/aromatic N) is 2. The van der Waals surface area contributed by atoms with Gasteiger partial charge in [0.15, 0.2) is 0 Å². The van der Waals surface area contributed by atoms with Gasteiger partial charge >= 0.3 is 12.4 Å². The largest absolute Gasteiger partial charge is 0.573 e. The van der Waals surface area contributed by atoms with Gasteiger partial charge in [-0.2, -0.15) is 0 Å². The van der Waals surface area contributed by atoms with Gasteiger partial charge < -0.3 is 15.0 Å². The molecule has 26 heavy (non-hydrogen) atoms. The standard InChI is InChI=1S/C16H13F3N4O2S/c17-16(18,19)25-14-4-2-1-3-10(14)8-23(26)15(24)22-11-5-6-12-13(7-11)21-9-20-12/h1-7,9,26H,8H2,(H,20,21)(H,22,24). The maximum Gasteiger partial charge on any atom is 0.573 e. The number of amides is 2. The molecule has 3 rings (SSSR count). The molecule has 2 aromatic carbocycles. The molecule has 0 saturated heterocycles. The van der Waals surface area contributed by atoms with Crippen LogP contribution >= 0.6 is 12.8 Å². The van der Waals surface area contributed by atoms with Crippen molar-refractivity contribution in [3.8, 4) is 5.75 Å². The first kappa shape index (κ1) is 17.9. The summed E-state index contributed by atoms with van der Waals surface area (Å²) in [4.78, 5) is 19.2. The fourth-order valence-electron chi connectivity index (χ4n) is 2.29. The third kappa shape index (κ3) is 4.39. The topological polar surface area (TPSA) is 70.2 Å². The predicted octanol–water partition coefficient (Wildman–Crippen LogP) is 4.34. The number of nitrogens with one attached hydrogen (secondary N) is 2. The van der Waals surface area contributed by atoms with E-state index in [9.17, 15) is 18.0 Å². The van der Waals surface area contributed by atoms with Crippen LogP contribution in [0.25, 0.3) is 11.0 Å². The minimum Gasteiger partial charge on any atom is -0.405 e. The number of hydrogen-bond donors (Lipinski definition) is 3. The summed E-state index contributed by atoms with van der Waals surface area (Å²) in [6.07, 6.45) is -3.29. The van der Waals surface area contributed by atoms with Crippen molar-refractivity contribution in [2.24, 2.45) is 0 Å². The van der Waals surface area contributed by atoms with Crippen LogP contribution in [-0.2, 0) is 6.54 Å². The molecule has 0 saturated carbocycles. The average molecular weight is 382 g/mol. The Bertz CT molecular complexity index is 929. The van der Waals surface area contributed by atoms with Crippen LogP contribution in [0.4, 0.5) is 23.7 Å². The number of rotatable bonds is 4. The van der Waals surface area contributed by atoms with Crippen molar-refractivity contribution in [1.82, 2.24) is 14.3 Å². The van der Waals surface area contributed by atoms with Crippen molar-refractivity contribution in [3.05, 3.63) is 54.4 Å². The number of alkyl halides is 3. The number of H-pyrrole nitrogens is 1. The second-order valence-corrected chi connectivity index (χ2v) is 5.76. The van der Waals surface area contributed by atoms with Crippen LogP contribution in [0.1, 0.15) is 5.56 Å². The number of hydrogen-bond acceptors (Lipinski definition) is 4. The van der Waals surface area contributed by atoms with Gasteiger partial charge in [0.05, 0.1) is 23.9 Å². The van der Waals surface area contributed by atoms with E-state index in [1.165, 1.54) is 24.5 Å². The molecule has 1 heterocycles. The highest BCUT2D eigenvalue weighted by molar-refractivity contribution is 7.78. The molecule has 2 amide bonds. The Kier molecular flexibility index (Phi) is 4.94. The second-order valence-electron chi connectivity index (χ2n) is 5.28. The zero-order valence-electron chi connectivity index (χ0n) is 13.1. The first-order valence-corrected chi connectivity index (χ1v) is 7.76. The summed E-state index contributed by atoms with van der Waals surface area (Å²) in [7, 11) is 0. The lowest BCUT2D eigenvalue weighted by atomic mass is 10.2. The summed E-state index contributed by atoms with van der Waals surface area (Å²) in [5, 5.41) is 2.61. The van der Waals surface area contributed by atoms with Gasteiger partial charge in [0.2, 0.25) is 0 Å². The number of ether oxygens (including phenoxy) is 1. The van der Waals surface area contributed by atoms with E-state index in [0.29, 0.717) is 11.2 Å². The molecule has 1 aromatic heterocycles. The van der Waals surface area contributed by atoms with Crippen molar-refractivity contribution in [2.45, 2.75) is 12.9 Å². The van der Waals surface area contributed by atoms with E-state index >= 15 is 0 Å². The fraction of sp³-hybridized carbons (Fsp3) is 0.125. The summed E-state index contributed by atoms with van der Waals surface area (Å²) < 4.78 is 42.3. The predicted molar refractivity (Wildman–Crippen MR) is 92.8 cm³/mol. The quantitative estimate of drug-likeness (QED) is 0.588. The summed E-state index contributed by atoms with van der Waals surface area (Å²) >= 11 is 4.05.